The third-order valence-electron chi connectivity index (χ3n) is 2.36. The van der Waals surface area contributed by atoms with Gasteiger partial charge in [-0.15, -0.1) is 0 Å². The molecule has 0 aromatic carbocycles. The van der Waals surface area contributed by atoms with Gasteiger partial charge in [0.05, 0.1) is 6.54 Å². The number of rotatable bonds is 4. The number of Topliss-reactive ketones (excluding diaryl/α,β-unsaturated/α-hetero) is 1. The number of nitrogens with zero attached hydrogens (tertiary/aromatic N) is 1. The molecular formula is C10H20N2O. The van der Waals surface area contributed by atoms with Crippen LogP contribution >= 0.6 is 0 Å². The first kappa shape index (κ1) is 10.7. The lowest BCUT2D eigenvalue weighted by molar-refractivity contribution is -0.120. The second-order valence-corrected chi connectivity index (χ2v) is 3.67. The molecule has 1 N–H and O–H groups in total. The van der Waals surface area contributed by atoms with E-state index in [0.717, 1.165) is 39.0 Å². The van der Waals surface area contributed by atoms with Crippen LogP contribution in [0.15, 0.2) is 0 Å². The van der Waals surface area contributed by atoms with Crippen molar-refractivity contribution in [2.75, 3.05) is 32.7 Å². The molecule has 1 aliphatic heterocycles. The molecule has 1 saturated heterocycles. The fourth-order valence-electron chi connectivity index (χ4n) is 1.67. The molecule has 1 aliphatic rings. The van der Waals surface area contributed by atoms with Crippen LogP contribution in [0.1, 0.15) is 26.2 Å². The van der Waals surface area contributed by atoms with Crippen LogP contribution in [0.25, 0.3) is 0 Å². The van der Waals surface area contributed by atoms with Gasteiger partial charge in [0, 0.05) is 19.5 Å². The summed E-state index contributed by atoms with van der Waals surface area (Å²) in [6, 6.07) is 0. The molecule has 0 bridgehead atoms. The largest absolute Gasteiger partial charge is 0.315 e. The van der Waals surface area contributed by atoms with Gasteiger partial charge >= 0.3 is 0 Å². The van der Waals surface area contributed by atoms with E-state index < -0.39 is 0 Å². The monoisotopic (exact) mass is 184 g/mol. The van der Waals surface area contributed by atoms with Gasteiger partial charge in [-0.1, -0.05) is 6.92 Å². The Hall–Kier alpha value is -0.410. The summed E-state index contributed by atoms with van der Waals surface area (Å²) in [5, 5.41) is 3.33. The normalized spacial score (nSPS) is 19.8. The fraction of sp³-hybridized carbons (Fsp3) is 0.900. The Labute approximate surface area is 80.5 Å². The molecule has 1 rings (SSSR count). The SMILES string of the molecule is CCCC(=O)CN1CCCNCC1. The van der Waals surface area contributed by atoms with Crippen molar-refractivity contribution in [3.05, 3.63) is 0 Å². The highest BCUT2D eigenvalue weighted by Gasteiger charge is 2.11. The molecule has 0 amide bonds. The molecule has 0 aliphatic carbocycles. The fourth-order valence-corrected chi connectivity index (χ4v) is 1.67. The molecule has 0 aromatic heterocycles. The molecular weight excluding hydrogens is 164 g/mol. The van der Waals surface area contributed by atoms with Gasteiger partial charge in [-0.3, -0.25) is 9.69 Å². The Morgan fingerprint density at radius 1 is 1.38 bits per heavy atom. The Bertz CT molecular complexity index is 151. The zero-order valence-corrected chi connectivity index (χ0v) is 8.51. The van der Waals surface area contributed by atoms with Crippen molar-refractivity contribution in [1.82, 2.24) is 10.2 Å². The zero-order valence-electron chi connectivity index (χ0n) is 8.51. The smallest absolute Gasteiger partial charge is 0.146 e. The summed E-state index contributed by atoms with van der Waals surface area (Å²) in [6.45, 7) is 6.94. The van der Waals surface area contributed by atoms with Crippen LogP contribution in [-0.4, -0.2) is 43.4 Å². The number of carbonyl (C=O) groups is 1. The molecule has 1 fully saturated rings. The van der Waals surface area contributed by atoms with E-state index in [4.69, 9.17) is 0 Å². The van der Waals surface area contributed by atoms with Crippen LogP contribution in [0.3, 0.4) is 0 Å². The van der Waals surface area contributed by atoms with Crippen molar-refractivity contribution in [2.24, 2.45) is 0 Å². The Morgan fingerprint density at radius 3 is 3.00 bits per heavy atom. The number of ketones is 1. The summed E-state index contributed by atoms with van der Waals surface area (Å²) in [6.07, 6.45) is 2.88. The van der Waals surface area contributed by atoms with Crippen molar-refractivity contribution in [3.63, 3.8) is 0 Å². The molecule has 3 nitrogen and oxygen atoms in total. The van der Waals surface area contributed by atoms with Crippen LogP contribution in [0.4, 0.5) is 0 Å². The van der Waals surface area contributed by atoms with Crippen molar-refractivity contribution in [2.45, 2.75) is 26.2 Å². The highest BCUT2D eigenvalue weighted by Crippen LogP contribution is 1.98. The topological polar surface area (TPSA) is 32.3 Å². The van der Waals surface area contributed by atoms with Crippen molar-refractivity contribution in [1.29, 1.82) is 0 Å². The van der Waals surface area contributed by atoms with E-state index in [1.165, 1.54) is 6.42 Å². The quantitative estimate of drug-likeness (QED) is 0.696. The van der Waals surface area contributed by atoms with Crippen molar-refractivity contribution >= 4 is 5.78 Å². The summed E-state index contributed by atoms with van der Waals surface area (Å²) in [7, 11) is 0. The highest BCUT2D eigenvalue weighted by molar-refractivity contribution is 5.80. The summed E-state index contributed by atoms with van der Waals surface area (Å²) < 4.78 is 0. The second kappa shape index (κ2) is 6.11. The number of nitrogens with one attached hydrogen (secondary N) is 1. The van der Waals surface area contributed by atoms with Crippen LogP contribution in [0.2, 0.25) is 0 Å². The Morgan fingerprint density at radius 2 is 2.23 bits per heavy atom. The molecule has 13 heavy (non-hydrogen) atoms. The van der Waals surface area contributed by atoms with Gasteiger partial charge in [-0.05, 0) is 25.9 Å². The first-order chi connectivity index (χ1) is 6.33. The molecule has 0 aromatic rings. The third-order valence-corrected chi connectivity index (χ3v) is 2.36. The molecule has 0 unspecified atom stereocenters. The van der Waals surface area contributed by atoms with Gasteiger partial charge in [0.25, 0.3) is 0 Å². The maximum absolute atomic E-state index is 11.4. The third kappa shape index (κ3) is 4.39. The van der Waals surface area contributed by atoms with Gasteiger partial charge < -0.3 is 5.32 Å². The number of hydrogen-bond donors (Lipinski definition) is 1. The van der Waals surface area contributed by atoms with Gasteiger partial charge in [0.1, 0.15) is 5.78 Å². The van der Waals surface area contributed by atoms with E-state index in [1.54, 1.807) is 0 Å². The lowest BCUT2D eigenvalue weighted by atomic mass is 10.2. The summed E-state index contributed by atoms with van der Waals surface area (Å²) >= 11 is 0. The minimum absolute atomic E-state index is 0.393. The van der Waals surface area contributed by atoms with Crippen LogP contribution in [-0.2, 0) is 4.79 Å². The lowest BCUT2D eigenvalue weighted by Crippen LogP contribution is -2.32. The standard InChI is InChI=1S/C10H20N2O/c1-2-4-10(13)9-12-7-3-5-11-6-8-12/h11H,2-9H2,1H3. The predicted molar refractivity (Wildman–Crippen MR) is 53.8 cm³/mol. The van der Waals surface area contributed by atoms with Gasteiger partial charge in [-0.25, -0.2) is 0 Å². The van der Waals surface area contributed by atoms with Gasteiger partial charge in [-0.2, -0.15) is 0 Å². The zero-order chi connectivity index (χ0) is 9.52. The van der Waals surface area contributed by atoms with E-state index in [9.17, 15) is 4.79 Å². The first-order valence-electron chi connectivity index (χ1n) is 5.27. The predicted octanol–water partition coefficient (Wildman–Crippen LogP) is 0.651. The number of hydrogen-bond acceptors (Lipinski definition) is 3. The molecule has 3 heteroatoms. The van der Waals surface area contributed by atoms with Crippen molar-refractivity contribution < 1.29 is 4.79 Å². The molecule has 0 spiro atoms. The van der Waals surface area contributed by atoms with Gasteiger partial charge in [0.2, 0.25) is 0 Å². The minimum Gasteiger partial charge on any atom is -0.315 e. The van der Waals surface area contributed by atoms with E-state index >= 15 is 0 Å². The second-order valence-electron chi connectivity index (χ2n) is 3.67. The first-order valence-corrected chi connectivity index (χ1v) is 5.27. The molecule has 76 valence electrons. The Balaban J connectivity index is 2.21. The summed E-state index contributed by atoms with van der Waals surface area (Å²) in [5.41, 5.74) is 0. The molecule has 0 atom stereocenters. The minimum atomic E-state index is 0.393. The van der Waals surface area contributed by atoms with E-state index in [0.29, 0.717) is 12.3 Å². The van der Waals surface area contributed by atoms with E-state index in [-0.39, 0.29) is 0 Å². The highest BCUT2D eigenvalue weighted by atomic mass is 16.1. The number of carbonyl (C=O) groups excluding carboxylic acids is 1. The van der Waals surface area contributed by atoms with E-state index in [2.05, 4.69) is 17.1 Å². The van der Waals surface area contributed by atoms with E-state index in [1.807, 2.05) is 0 Å². The maximum Gasteiger partial charge on any atom is 0.146 e. The molecule has 1 heterocycles. The lowest BCUT2D eigenvalue weighted by Gasteiger charge is -2.17. The molecule has 0 radical (unpaired) electrons. The average molecular weight is 184 g/mol. The van der Waals surface area contributed by atoms with Crippen LogP contribution in [0, 0.1) is 0 Å². The maximum atomic E-state index is 11.4. The van der Waals surface area contributed by atoms with Crippen LogP contribution < -0.4 is 5.32 Å². The van der Waals surface area contributed by atoms with Gasteiger partial charge in [0.15, 0.2) is 0 Å². The van der Waals surface area contributed by atoms with Crippen molar-refractivity contribution in [3.8, 4) is 0 Å². The summed E-state index contributed by atoms with van der Waals surface area (Å²) in [4.78, 5) is 13.6. The molecule has 0 saturated carbocycles. The summed E-state index contributed by atoms with van der Waals surface area (Å²) in [5.74, 6) is 0.393. The van der Waals surface area contributed by atoms with Crippen LogP contribution in [0.5, 0.6) is 0 Å². The Kier molecular flexibility index (Phi) is 5.01. The average Bonchev–Trinajstić information content (AvgIpc) is 2.33.